The molecule has 7 nitrogen and oxygen atoms in total. The summed E-state index contributed by atoms with van der Waals surface area (Å²) in [6, 6.07) is 10.6. The van der Waals surface area contributed by atoms with Crippen LogP contribution in [0.25, 0.3) is 0 Å². The predicted molar refractivity (Wildman–Crippen MR) is 93.5 cm³/mol. The van der Waals surface area contributed by atoms with Gasteiger partial charge in [-0.2, -0.15) is 5.10 Å². The molecule has 0 aliphatic rings. The van der Waals surface area contributed by atoms with E-state index < -0.39 is 5.91 Å². The molecule has 2 amide bonds. The Kier molecular flexibility index (Phi) is 6.67. The number of carbonyl (C=O) groups excluding carboxylic acids is 2. The molecule has 2 aromatic carbocycles. The maximum atomic E-state index is 12.8. The van der Waals surface area contributed by atoms with E-state index in [0.29, 0.717) is 22.6 Å². The van der Waals surface area contributed by atoms with Crippen LogP contribution in [-0.2, 0) is 16.0 Å². The number of amides is 2. The molecule has 136 valence electrons. The second-order valence-corrected chi connectivity index (χ2v) is 5.26. The molecule has 0 saturated carbocycles. The van der Waals surface area contributed by atoms with Gasteiger partial charge in [-0.3, -0.25) is 9.59 Å². The van der Waals surface area contributed by atoms with Crippen molar-refractivity contribution in [1.82, 2.24) is 5.43 Å². The number of nitrogens with zero attached hydrogens (tertiary/aromatic N) is 1. The second-order valence-electron chi connectivity index (χ2n) is 5.26. The van der Waals surface area contributed by atoms with Crippen molar-refractivity contribution in [2.24, 2.45) is 10.8 Å². The van der Waals surface area contributed by atoms with Gasteiger partial charge in [0, 0.05) is 0 Å². The Morgan fingerprint density at radius 3 is 2.58 bits per heavy atom. The Morgan fingerprint density at radius 1 is 1.19 bits per heavy atom. The first kappa shape index (κ1) is 18.9. The number of nitrogens with one attached hydrogen (secondary N) is 1. The van der Waals surface area contributed by atoms with E-state index in [1.807, 2.05) is 0 Å². The fourth-order valence-electron chi connectivity index (χ4n) is 2.04. The lowest BCUT2D eigenvalue weighted by molar-refractivity contribution is -0.121. The van der Waals surface area contributed by atoms with Gasteiger partial charge in [0.05, 0.1) is 19.7 Å². The summed E-state index contributed by atoms with van der Waals surface area (Å²) >= 11 is 0. The molecule has 0 aliphatic carbocycles. The van der Waals surface area contributed by atoms with Gasteiger partial charge >= 0.3 is 0 Å². The zero-order valence-corrected chi connectivity index (χ0v) is 14.1. The monoisotopic (exact) mass is 359 g/mol. The van der Waals surface area contributed by atoms with Crippen molar-refractivity contribution in [3.05, 3.63) is 59.4 Å². The van der Waals surface area contributed by atoms with Crippen LogP contribution >= 0.6 is 0 Å². The van der Waals surface area contributed by atoms with E-state index >= 15 is 0 Å². The number of hydrogen-bond donors (Lipinski definition) is 2. The zero-order valence-electron chi connectivity index (χ0n) is 14.1. The van der Waals surface area contributed by atoms with Crippen LogP contribution in [0.3, 0.4) is 0 Å². The fraction of sp³-hybridized carbons (Fsp3) is 0.167. The van der Waals surface area contributed by atoms with Crippen LogP contribution in [0.15, 0.2) is 47.6 Å². The number of primary amides is 1. The maximum absolute atomic E-state index is 12.8. The van der Waals surface area contributed by atoms with Gasteiger partial charge < -0.3 is 15.2 Å². The third kappa shape index (κ3) is 5.90. The van der Waals surface area contributed by atoms with Gasteiger partial charge in [0.2, 0.25) is 5.91 Å². The predicted octanol–water partition coefficient (Wildman–Crippen LogP) is 1.39. The largest absolute Gasteiger partial charge is 0.493 e. The van der Waals surface area contributed by atoms with E-state index in [2.05, 4.69) is 10.5 Å². The molecule has 0 spiro atoms. The average molecular weight is 359 g/mol. The summed E-state index contributed by atoms with van der Waals surface area (Å²) in [7, 11) is 1.46. The Bertz CT molecular complexity index is 807. The van der Waals surface area contributed by atoms with Crippen LogP contribution in [0, 0.1) is 5.82 Å². The summed E-state index contributed by atoms with van der Waals surface area (Å²) in [4.78, 5) is 22.6. The Morgan fingerprint density at radius 2 is 1.92 bits per heavy atom. The standard InChI is InChI=1S/C18H18FN3O4/c1-25-16-8-13(4-7-15(16)26-11-17(20)23)10-21-22-18(24)9-12-2-5-14(19)6-3-12/h2-8,10H,9,11H2,1H3,(H2,20,23)(H,22,24). The van der Waals surface area contributed by atoms with E-state index in [4.69, 9.17) is 15.2 Å². The summed E-state index contributed by atoms with van der Waals surface area (Å²) in [6.45, 7) is -0.261. The highest BCUT2D eigenvalue weighted by atomic mass is 19.1. The Hall–Kier alpha value is -3.42. The summed E-state index contributed by atoms with van der Waals surface area (Å²) < 4.78 is 23.2. The number of nitrogens with two attached hydrogens (primary N) is 1. The van der Waals surface area contributed by atoms with Crippen molar-refractivity contribution in [2.45, 2.75) is 6.42 Å². The summed E-state index contributed by atoms with van der Waals surface area (Å²) in [6.07, 6.45) is 1.52. The average Bonchev–Trinajstić information content (AvgIpc) is 2.62. The molecular formula is C18H18FN3O4. The van der Waals surface area contributed by atoms with Crippen molar-refractivity contribution in [2.75, 3.05) is 13.7 Å². The molecule has 0 unspecified atom stereocenters. The second kappa shape index (κ2) is 9.16. The number of rotatable bonds is 8. The first-order chi connectivity index (χ1) is 12.5. The molecule has 0 aromatic heterocycles. The molecule has 0 bridgehead atoms. The molecule has 2 rings (SSSR count). The highest BCUT2D eigenvalue weighted by molar-refractivity contribution is 5.84. The summed E-state index contributed by atoms with van der Waals surface area (Å²) in [5.41, 5.74) is 8.75. The van der Waals surface area contributed by atoms with Crippen LogP contribution in [0.5, 0.6) is 11.5 Å². The van der Waals surface area contributed by atoms with E-state index in [1.54, 1.807) is 18.2 Å². The number of ether oxygens (including phenoxy) is 2. The molecule has 0 atom stereocenters. The minimum absolute atomic E-state index is 0.0842. The molecule has 0 heterocycles. The number of carbonyl (C=O) groups is 2. The molecule has 0 saturated heterocycles. The molecule has 0 radical (unpaired) electrons. The van der Waals surface area contributed by atoms with Crippen LogP contribution < -0.4 is 20.6 Å². The van der Waals surface area contributed by atoms with Gasteiger partial charge in [-0.15, -0.1) is 0 Å². The first-order valence-electron chi connectivity index (χ1n) is 7.63. The van der Waals surface area contributed by atoms with E-state index in [9.17, 15) is 14.0 Å². The third-order valence-electron chi connectivity index (χ3n) is 3.24. The van der Waals surface area contributed by atoms with Crippen LogP contribution in [0.1, 0.15) is 11.1 Å². The third-order valence-corrected chi connectivity index (χ3v) is 3.24. The van der Waals surface area contributed by atoms with Gasteiger partial charge in [-0.05, 0) is 41.5 Å². The van der Waals surface area contributed by atoms with Crippen molar-refractivity contribution < 1.29 is 23.5 Å². The van der Waals surface area contributed by atoms with Crippen molar-refractivity contribution in [3.8, 4) is 11.5 Å². The highest BCUT2D eigenvalue weighted by Gasteiger charge is 2.07. The van der Waals surface area contributed by atoms with E-state index in [-0.39, 0.29) is 24.8 Å². The van der Waals surface area contributed by atoms with Gasteiger partial charge in [-0.25, -0.2) is 9.82 Å². The van der Waals surface area contributed by atoms with Crippen molar-refractivity contribution in [3.63, 3.8) is 0 Å². The molecular weight excluding hydrogens is 341 g/mol. The molecule has 0 fully saturated rings. The topological polar surface area (TPSA) is 103 Å². The minimum Gasteiger partial charge on any atom is -0.493 e. The van der Waals surface area contributed by atoms with Crippen molar-refractivity contribution >= 4 is 18.0 Å². The van der Waals surface area contributed by atoms with Gasteiger partial charge in [-0.1, -0.05) is 12.1 Å². The molecule has 3 N–H and O–H groups in total. The van der Waals surface area contributed by atoms with E-state index in [1.165, 1.54) is 37.6 Å². The van der Waals surface area contributed by atoms with Gasteiger partial charge in [0.25, 0.3) is 5.91 Å². The van der Waals surface area contributed by atoms with Gasteiger partial charge in [0.15, 0.2) is 18.1 Å². The lowest BCUT2D eigenvalue weighted by Crippen LogP contribution is -2.20. The Labute approximate surface area is 149 Å². The quantitative estimate of drug-likeness (QED) is 0.549. The van der Waals surface area contributed by atoms with Crippen LogP contribution in [0.4, 0.5) is 4.39 Å². The van der Waals surface area contributed by atoms with Crippen molar-refractivity contribution in [1.29, 1.82) is 0 Å². The normalized spacial score (nSPS) is 10.5. The van der Waals surface area contributed by atoms with Gasteiger partial charge in [0.1, 0.15) is 5.82 Å². The lowest BCUT2D eigenvalue weighted by Gasteiger charge is -2.09. The number of hydrazone groups is 1. The Balaban J connectivity index is 1.93. The first-order valence-corrected chi connectivity index (χ1v) is 7.63. The number of benzene rings is 2. The maximum Gasteiger partial charge on any atom is 0.255 e. The minimum atomic E-state index is -0.596. The number of halogens is 1. The smallest absolute Gasteiger partial charge is 0.255 e. The molecule has 2 aromatic rings. The SMILES string of the molecule is COc1cc(C=NNC(=O)Cc2ccc(F)cc2)ccc1OCC(N)=O. The van der Waals surface area contributed by atoms with Crippen LogP contribution in [0.2, 0.25) is 0 Å². The zero-order chi connectivity index (χ0) is 18.9. The number of methoxy groups -OCH3 is 1. The molecule has 0 aliphatic heterocycles. The molecule has 8 heteroatoms. The summed E-state index contributed by atoms with van der Waals surface area (Å²) in [5, 5.41) is 3.87. The molecule has 26 heavy (non-hydrogen) atoms. The fourth-order valence-corrected chi connectivity index (χ4v) is 2.04. The van der Waals surface area contributed by atoms with Crippen LogP contribution in [-0.4, -0.2) is 31.7 Å². The summed E-state index contributed by atoms with van der Waals surface area (Å²) in [5.74, 6) is -0.524. The number of hydrogen-bond acceptors (Lipinski definition) is 5. The van der Waals surface area contributed by atoms with E-state index in [0.717, 1.165) is 0 Å². The highest BCUT2D eigenvalue weighted by Crippen LogP contribution is 2.27. The lowest BCUT2D eigenvalue weighted by atomic mass is 10.1.